The predicted octanol–water partition coefficient (Wildman–Crippen LogP) is 4.64. The van der Waals surface area contributed by atoms with Crippen LogP contribution >= 0.6 is 21.6 Å². The van der Waals surface area contributed by atoms with E-state index in [9.17, 15) is 29.1 Å². The highest BCUT2D eigenvalue weighted by Crippen LogP contribution is 2.32. The number of amides is 3. The first-order chi connectivity index (χ1) is 31.2. The Morgan fingerprint density at radius 3 is 2.51 bits per heavy atom. The number of nitrogens with one attached hydrogen (secondary N) is 5. The number of pyridine rings is 1. The van der Waals surface area contributed by atoms with Crippen LogP contribution in [-0.4, -0.2) is 101 Å². The number of fused-ring (bicyclic) bond motifs is 4. The number of hydrogen-bond acceptors (Lipinski definition) is 16. The van der Waals surface area contributed by atoms with Crippen LogP contribution in [0, 0.1) is 5.41 Å². The van der Waals surface area contributed by atoms with Crippen LogP contribution in [0.2, 0.25) is 0 Å². The van der Waals surface area contributed by atoms with Gasteiger partial charge in [-0.15, -0.1) is 0 Å². The third-order valence-electron chi connectivity index (χ3n) is 10.1. The number of carbonyl (C=O) groups is 4. The lowest BCUT2D eigenvalue weighted by Crippen LogP contribution is -2.41. The number of aromatic amines is 1. The number of aromatic nitrogens is 7. The van der Waals surface area contributed by atoms with Crippen molar-refractivity contribution in [2.75, 3.05) is 48.0 Å². The molecule has 4 aromatic heterocycles. The van der Waals surface area contributed by atoms with Gasteiger partial charge >= 0.3 is 12.1 Å². The molecule has 0 bridgehead atoms. The number of nitrogens with zero attached hydrogens (tertiary/aromatic N) is 6. The maximum Gasteiger partial charge on any atom is 0.407 e. The van der Waals surface area contributed by atoms with E-state index in [-0.39, 0.29) is 60.0 Å². The summed E-state index contributed by atoms with van der Waals surface area (Å²) in [5.74, 6) is 0.183. The first-order valence-corrected chi connectivity index (χ1v) is 23.5. The maximum atomic E-state index is 12.9. The van der Waals surface area contributed by atoms with Crippen molar-refractivity contribution < 1.29 is 29.0 Å². The Kier molecular flexibility index (Phi) is 16.4. The van der Waals surface area contributed by atoms with E-state index in [0.717, 1.165) is 41.5 Å². The second kappa shape index (κ2) is 22.3. The number of carbonyl (C=O) groups excluding carboxylic acids is 3. The van der Waals surface area contributed by atoms with Crippen molar-refractivity contribution in [3.8, 4) is 0 Å². The Hall–Kier alpha value is -6.68. The summed E-state index contributed by atoms with van der Waals surface area (Å²) in [7, 11) is 3.00. The van der Waals surface area contributed by atoms with Gasteiger partial charge in [-0.2, -0.15) is 4.98 Å². The van der Waals surface area contributed by atoms with Gasteiger partial charge in [-0.05, 0) is 43.2 Å². The standard InChI is InChI=1S/C43H53N13O7S2/c1-4-5-10-31-53-33-35(28-8-6-7-9-29(28)51-36(33)44)56(31)24-43(2,3)23-49-42(62)63-18-20-65-64-19-17-46-32(57)16-15-30(40(60)61)52-38(58)25-11-13-26(14-12-25)47-21-27-22-48-37-34(50-27)39(59)55-41(45)54-37/h6-9,11-14,22,30,47H,4-5,10,15-21,23-24H2,1-3H3,(H2,44,51)(H,46,57)(H,49,62)(H,52,58)(H,60,61)(H3,45,48,54,55,59). The van der Waals surface area contributed by atoms with Gasteiger partial charge in [-0.25, -0.2) is 29.5 Å². The van der Waals surface area contributed by atoms with E-state index in [1.54, 1.807) is 12.1 Å². The highest BCUT2D eigenvalue weighted by atomic mass is 33.1. The molecule has 65 heavy (non-hydrogen) atoms. The van der Waals surface area contributed by atoms with E-state index in [0.29, 0.717) is 53.9 Å². The first-order valence-electron chi connectivity index (χ1n) is 21.1. The Labute approximate surface area is 381 Å². The molecule has 1 unspecified atom stereocenters. The molecule has 6 aromatic rings. The average Bonchev–Trinajstić information content (AvgIpc) is 3.64. The molecule has 10 N–H and O–H groups in total. The van der Waals surface area contributed by atoms with Gasteiger partial charge < -0.3 is 47.1 Å². The number of benzene rings is 2. The van der Waals surface area contributed by atoms with Gasteiger partial charge in [0.2, 0.25) is 11.9 Å². The summed E-state index contributed by atoms with van der Waals surface area (Å²) >= 11 is 0. The number of para-hydroxylation sites is 1. The van der Waals surface area contributed by atoms with Crippen LogP contribution in [-0.2, 0) is 33.8 Å². The topological polar surface area (TPSA) is 300 Å². The quantitative estimate of drug-likeness (QED) is 0.0321. The van der Waals surface area contributed by atoms with E-state index in [4.69, 9.17) is 21.2 Å². The fourth-order valence-electron chi connectivity index (χ4n) is 6.82. The van der Waals surface area contributed by atoms with E-state index >= 15 is 0 Å². The maximum absolute atomic E-state index is 12.9. The largest absolute Gasteiger partial charge is 0.480 e. The molecule has 4 heterocycles. The number of rotatable bonds is 23. The Balaban J connectivity index is 0.844. The van der Waals surface area contributed by atoms with Crippen molar-refractivity contribution in [3.63, 3.8) is 0 Å². The van der Waals surface area contributed by atoms with Gasteiger partial charge in [-0.3, -0.25) is 19.4 Å². The Bertz CT molecular complexity index is 2710. The van der Waals surface area contributed by atoms with Gasteiger partial charge in [0.05, 0.1) is 29.5 Å². The summed E-state index contributed by atoms with van der Waals surface area (Å²) in [6, 6.07) is 12.9. The highest BCUT2D eigenvalue weighted by Gasteiger charge is 2.26. The molecule has 1 atom stereocenters. The number of imidazole rings is 1. The first kappa shape index (κ1) is 47.8. The third kappa shape index (κ3) is 13.2. The lowest BCUT2D eigenvalue weighted by atomic mass is 9.93. The monoisotopic (exact) mass is 927 g/mol. The smallest absolute Gasteiger partial charge is 0.407 e. The van der Waals surface area contributed by atoms with E-state index in [1.807, 2.05) is 24.3 Å². The number of unbranched alkanes of at least 4 members (excludes halogenated alkanes) is 1. The summed E-state index contributed by atoms with van der Waals surface area (Å²) in [5, 5.41) is 22.0. The number of H-pyrrole nitrogens is 1. The SMILES string of the molecule is CCCCc1nc2c(N)nc3ccccc3c2n1CC(C)(C)CNC(=O)OCCSSCCNC(=O)CCC(NC(=O)c1ccc(NCc2cnc3nc(N)[nH]c(=O)c3n2)cc1)C(=O)O. The molecular weight excluding hydrogens is 875 g/mol. The zero-order chi connectivity index (χ0) is 46.5. The summed E-state index contributed by atoms with van der Waals surface area (Å²) in [5.41, 5.74) is 15.0. The minimum atomic E-state index is -1.28. The van der Waals surface area contributed by atoms with E-state index in [1.165, 1.54) is 39.9 Å². The lowest BCUT2D eigenvalue weighted by Gasteiger charge is -2.27. The summed E-state index contributed by atoms with van der Waals surface area (Å²) in [6.45, 7) is 8.05. The highest BCUT2D eigenvalue weighted by molar-refractivity contribution is 8.76. The number of carboxylic acid groups (broad SMARTS) is 1. The molecule has 0 aliphatic heterocycles. The fourth-order valence-corrected chi connectivity index (χ4v) is 8.55. The number of nitrogens with two attached hydrogens (primary N) is 2. The van der Waals surface area contributed by atoms with Crippen LogP contribution in [0.1, 0.15) is 68.3 Å². The van der Waals surface area contributed by atoms with E-state index < -0.39 is 29.6 Å². The molecule has 0 radical (unpaired) electrons. The molecule has 3 amide bonds. The predicted molar refractivity (Wildman–Crippen MR) is 253 cm³/mol. The summed E-state index contributed by atoms with van der Waals surface area (Å²) in [6.07, 6.45) is 3.56. The van der Waals surface area contributed by atoms with Gasteiger partial charge in [0.25, 0.3) is 11.5 Å². The number of hydrogen-bond donors (Lipinski definition) is 8. The van der Waals surface area contributed by atoms with Crippen molar-refractivity contribution in [2.45, 2.75) is 72.0 Å². The van der Waals surface area contributed by atoms with Crippen molar-refractivity contribution in [1.82, 2.24) is 50.4 Å². The van der Waals surface area contributed by atoms with Gasteiger partial charge in [0.1, 0.15) is 24.0 Å². The van der Waals surface area contributed by atoms with Crippen LogP contribution in [0.5, 0.6) is 0 Å². The molecule has 0 fully saturated rings. The molecular formula is C43H53N13O7S2. The molecule has 20 nitrogen and oxygen atoms in total. The summed E-state index contributed by atoms with van der Waals surface area (Å²) < 4.78 is 7.64. The normalized spacial score (nSPS) is 12.0. The Morgan fingerprint density at radius 2 is 1.74 bits per heavy atom. The minimum Gasteiger partial charge on any atom is -0.480 e. The molecule has 22 heteroatoms. The summed E-state index contributed by atoms with van der Waals surface area (Å²) in [4.78, 5) is 86.2. The van der Waals surface area contributed by atoms with Crippen LogP contribution in [0.15, 0.2) is 59.5 Å². The van der Waals surface area contributed by atoms with Gasteiger partial charge in [0, 0.05) is 66.0 Å². The second-order valence-electron chi connectivity index (χ2n) is 15.9. The van der Waals surface area contributed by atoms with Crippen molar-refractivity contribution in [2.24, 2.45) is 5.41 Å². The molecule has 6 rings (SSSR count). The van der Waals surface area contributed by atoms with Crippen LogP contribution in [0.3, 0.4) is 0 Å². The Morgan fingerprint density at radius 1 is 0.969 bits per heavy atom. The lowest BCUT2D eigenvalue weighted by molar-refractivity contribution is -0.139. The molecule has 2 aromatic carbocycles. The van der Waals surface area contributed by atoms with Crippen molar-refractivity contribution in [3.05, 3.63) is 82.2 Å². The van der Waals surface area contributed by atoms with Crippen LogP contribution in [0.25, 0.3) is 33.1 Å². The minimum absolute atomic E-state index is 0.0521. The molecule has 0 saturated carbocycles. The van der Waals surface area contributed by atoms with E-state index in [2.05, 4.69) is 71.5 Å². The number of aliphatic carboxylic acids is 1. The fraction of sp³-hybridized carbons (Fsp3) is 0.395. The molecule has 0 spiro atoms. The number of alkyl carbamates (subject to hydrolysis) is 1. The van der Waals surface area contributed by atoms with Crippen LogP contribution < -0.4 is 38.3 Å². The van der Waals surface area contributed by atoms with Crippen LogP contribution in [0.4, 0.5) is 22.2 Å². The number of nitrogen functional groups attached to an aromatic ring is 2. The average molecular weight is 928 g/mol. The zero-order valence-corrected chi connectivity index (χ0v) is 37.9. The van der Waals surface area contributed by atoms with Gasteiger partial charge in [-0.1, -0.05) is 67.0 Å². The zero-order valence-electron chi connectivity index (χ0n) is 36.3. The molecule has 0 aliphatic carbocycles. The number of anilines is 3. The molecule has 344 valence electrons. The number of ether oxygens (including phenoxy) is 1. The molecule has 0 saturated heterocycles. The third-order valence-corrected chi connectivity index (χ3v) is 12.5. The number of aryl methyl sites for hydroxylation is 1. The number of carboxylic acids is 1. The van der Waals surface area contributed by atoms with Crippen molar-refractivity contribution in [1.29, 1.82) is 0 Å². The van der Waals surface area contributed by atoms with Crippen molar-refractivity contribution >= 4 is 96.0 Å². The second-order valence-corrected chi connectivity index (χ2v) is 18.6. The molecule has 0 aliphatic rings. The van der Waals surface area contributed by atoms with Gasteiger partial charge in [0.15, 0.2) is 17.0 Å².